The van der Waals surface area contributed by atoms with E-state index in [-0.39, 0.29) is 12.5 Å². The molecule has 0 heterocycles. The molecule has 5 nitrogen and oxygen atoms in total. The third-order valence-corrected chi connectivity index (χ3v) is 3.03. The minimum atomic E-state index is -0.496. The summed E-state index contributed by atoms with van der Waals surface area (Å²) in [6, 6.07) is 16.1. The zero-order valence-corrected chi connectivity index (χ0v) is 13.6. The average Bonchev–Trinajstić information content (AvgIpc) is 2.56. The van der Waals surface area contributed by atoms with Gasteiger partial charge in [0.15, 0.2) is 0 Å². The van der Waals surface area contributed by atoms with Crippen LogP contribution in [0.15, 0.2) is 66.4 Å². The van der Waals surface area contributed by atoms with Gasteiger partial charge in [0.1, 0.15) is 11.5 Å². The Balaban J connectivity index is 2.14. The summed E-state index contributed by atoms with van der Waals surface area (Å²) in [6.07, 6.45) is 1.24. The van der Waals surface area contributed by atoms with Gasteiger partial charge < -0.3 is 14.8 Å². The molecule has 0 spiro atoms. The van der Waals surface area contributed by atoms with E-state index in [1.807, 2.05) is 18.2 Å². The van der Waals surface area contributed by atoms with Crippen molar-refractivity contribution < 1.29 is 19.1 Å². The maximum atomic E-state index is 12.4. The number of para-hydroxylation sites is 2. The highest BCUT2D eigenvalue weighted by molar-refractivity contribution is 5.98. The smallest absolute Gasteiger partial charge is 0.332 e. The summed E-state index contributed by atoms with van der Waals surface area (Å²) < 4.78 is 10.6. The Morgan fingerprint density at radius 2 is 1.71 bits per heavy atom. The lowest BCUT2D eigenvalue weighted by atomic mass is 10.2. The van der Waals surface area contributed by atoms with E-state index >= 15 is 0 Å². The standard InChI is InChI=1S/C19H19NO4/c1-3-23-18(21)13-14(2)20-19(22)16-11-7-8-12-17(16)24-15-9-5-4-6-10-15/h4-13H,3H2,1-2H3,(H,20,22)/b14-13+. The minimum Gasteiger partial charge on any atom is -0.463 e. The number of benzene rings is 2. The Bertz CT molecular complexity index is 738. The van der Waals surface area contributed by atoms with Crippen LogP contribution in [0.2, 0.25) is 0 Å². The number of hydrogen-bond donors (Lipinski definition) is 1. The second kappa shape index (κ2) is 8.53. The molecule has 1 N–H and O–H groups in total. The molecule has 0 aliphatic heterocycles. The number of esters is 1. The summed E-state index contributed by atoms with van der Waals surface area (Å²) in [6.45, 7) is 3.62. The largest absolute Gasteiger partial charge is 0.463 e. The monoisotopic (exact) mass is 325 g/mol. The Hall–Kier alpha value is -3.08. The third kappa shape index (κ3) is 4.98. The molecule has 0 radical (unpaired) electrons. The molecule has 0 aromatic heterocycles. The molecule has 0 unspecified atom stereocenters. The van der Waals surface area contributed by atoms with E-state index in [1.54, 1.807) is 50.2 Å². The summed E-state index contributed by atoms with van der Waals surface area (Å²) in [7, 11) is 0. The van der Waals surface area contributed by atoms with Gasteiger partial charge in [0, 0.05) is 11.8 Å². The average molecular weight is 325 g/mol. The predicted molar refractivity (Wildman–Crippen MR) is 90.8 cm³/mol. The maximum absolute atomic E-state index is 12.4. The number of hydrogen-bond acceptors (Lipinski definition) is 4. The molecule has 1 amide bonds. The number of allylic oxidation sites excluding steroid dienone is 1. The molecule has 24 heavy (non-hydrogen) atoms. The maximum Gasteiger partial charge on any atom is 0.332 e. The number of nitrogens with one attached hydrogen (secondary N) is 1. The molecule has 0 fully saturated rings. The first-order chi connectivity index (χ1) is 11.6. The van der Waals surface area contributed by atoms with Crippen LogP contribution in [0.25, 0.3) is 0 Å². The summed E-state index contributed by atoms with van der Waals surface area (Å²) in [5.41, 5.74) is 0.769. The molecular formula is C19H19NO4. The van der Waals surface area contributed by atoms with Gasteiger partial charge in [0.25, 0.3) is 5.91 Å². The summed E-state index contributed by atoms with van der Waals surface area (Å²) in [5.74, 6) is 0.213. The Labute approximate surface area is 140 Å². The van der Waals surface area contributed by atoms with Gasteiger partial charge in [-0.2, -0.15) is 0 Å². The zero-order valence-electron chi connectivity index (χ0n) is 13.6. The van der Waals surface area contributed by atoms with Gasteiger partial charge in [0.2, 0.25) is 0 Å². The highest BCUT2D eigenvalue weighted by Crippen LogP contribution is 2.25. The van der Waals surface area contributed by atoms with Crippen molar-refractivity contribution >= 4 is 11.9 Å². The van der Waals surface area contributed by atoms with Gasteiger partial charge in [-0.05, 0) is 38.1 Å². The molecule has 2 aromatic carbocycles. The van der Waals surface area contributed by atoms with Crippen LogP contribution in [-0.2, 0) is 9.53 Å². The highest BCUT2D eigenvalue weighted by atomic mass is 16.5. The third-order valence-electron chi connectivity index (χ3n) is 3.03. The zero-order chi connectivity index (χ0) is 17.4. The SMILES string of the molecule is CCOC(=O)/C=C(\C)NC(=O)c1ccccc1Oc1ccccc1. The fourth-order valence-corrected chi connectivity index (χ4v) is 2.00. The molecule has 0 atom stereocenters. The summed E-state index contributed by atoms with van der Waals surface area (Å²) in [5, 5.41) is 2.65. The Morgan fingerprint density at radius 1 is 1.04 bits per heavy atom. The van der Waals surface area contributed by atoms with E-state index in [0.29, 0.717) is 22.8 Å². The van der Waals surface area contributed by atoms with E-state index in [0.717, 1.165) is 0 Å². The molecule has 0 aliphatic carbocycles. The van der Waals surface area contributed by atoms with Gasteiger partial charge in [-0.3, -0.25) is 4.79 Å². The molecule has 2 rings (SSSR count). The van der Waals surface area contributed by atoms with Crippen LogP contribution in [0.4, 0.5) is 0 Å². The topological polar surface area (TPSA) is 64.6 Å². The molecule has 5 heteroatoms. The van der Waals surface area contributed by atoms with Gasteiger partial charge in [0.05, 0.1) is 12.2 Å². The Kier molecular flexibility index (Phi) is 6.14. The van der Waals surface area contributed by atoms with Gasteiger partial charge in [-0.1, -0.05) is 30.3 Å². The first-order valence-corrected chi connectivity index (χ1v) is 7.58. The minimum absolute atomic E-state index is 0.282. The lowest BCUT2D eigenvalue weighted by Crippen LogP contribution is -2.22. The van der Waals surface area contributed by atoms with E-state index in [4.69, 9.17) is 9.47 Å². The van der Waals surface area contributed by atoms with Crippen molar-refractivity contribution in [1.82, 2.24) is 5.32 Å². The van der Waals surface area contributed by atoms with Gasteiger partial charge >= 0.3 is 5.97 Å². The van der Waals surface area contributed by atoms with Crippen molar-refractivity contribution in [2.45, 2.75) is 13.8 Å². The molecular weight excluding hydrogens is 306 g/mol. The van der Waals surface area contributed by atoms with Crippen LogP contribution < -0.4 is 10.1 Å². The van der Waals surface area contributed by atoms with E-state index in [9.17, 15) is 9.59 Å². The molecule has 0 saturated carbocycles. The molecule has 0 saturated heterocycles. The molecule has 0 aliphatic rings. The highest BCUT2D eigenvalue weighted by Gasteiger charge is 2.13. The van der Waals surface area contributed by atoms with Crippen LogP contribution in [0.3, 0.4) is 0 Å². The van der Waals surface area contributed by atoms with E-state index in [1.165, 1.54) is 6.08 Å². The quantitative estimate of drug-likeness (QED) is 0.650. The number of amides is 1. The lowest BCUT2D eigenvalue weighted by Gasteiger charge is -2.11. The predicted octanol–water partition coefficient (Wildman–Crippen LogP) is 3.68. The van der Waals surface area contributed by atoms with Gasteiger partial charge in [-0.25, -0.2) is 4.79 Å². The van der Waals surface area contributed by atoms with Crippen LogP contribution in [0.5, 0.6) is 11.5 Å². The van der Waals surface area contributed by atoms with Crippen molar-refractivity contribution in [2.24, 2.45) is 0 Å². The van der Waals surface area contributed by atoms with Crippen molar-refractivity contribution in [1.29, 1.82) is 0 Å². The van der Waals surface area contributed by atoms with Crippen molar-refractivity contribution in [2.75, 3.05) is 6.61 Å². The fraction of sp³-hybridized carbons (Fsp3) is 0.158. The summed E-state index contributed by atoms with van der Waals surface area (Å²) in [4.78, 5) is 23.8. The van der Waals surface area contributed by atoms with Crippen LogP contribution >= 0.6 is 0 Å². The van der Waals surface area contributed by atoms with Crippen LogP contribution in [0.1, 0.15) is 24.2 Å². The Morgan fingerprint density at radius 3 is 2.42 bits per heavy atom. The molecule has 0 bridgehead atoms. The molecule has 2 aromatic rings. The van der Waals surface area contributed by atoms with Crippen molar-refractivity contribution in [3.05, 3.63) is 71.9 Å². The number of ether oxygens (including phenoxy) is 2. The van der Waals surface area contributed by atoms with E-state index in [2.05, 4.69) is 5.32 Å². The van der Waals surface area contributed by atoms with Crippen molar-refractivity contribution in [3.63, 3.8) is 0 Å². The van der Waals surface area contributed by atoms with Crippen molar-refractivity contribution in [3.8, 4) is 11.5 Å². The number of rotatable bonds is 6. The normalized spacial score (nSPS) is 10.8. The van der Waals surface area contributed by atoms with Crippen LogP contribution in [0, 0.1) is 0 Å². The van der Waals surface area contributed by atoms with Gasteiger partial charge in [-0.15, -0.1) is 0 Å². The lowest BCUT2D eigenvalue weighted by molar-refractivity contribution is -0.137. The van der Waals surface area contributed by atoms with Crippen LogP contribution in [-0.4, -0.2) is 18.5 Å². The first-order valence-electron chi connectivity index (χ1n) is 7.58. The second-order valence-electron chi connectivity index (χ2n) is 4.94. The number of carbonyl (C=O) groups is 2. The summed E-state index contributed by atoms with van der Waals surface area (Å²) >= 11 is 0. The number of carbonyl (C=O) groups excluding carboxylic acids is 2. The second-order valence-corrected chi connectivity index (χ2v) is 4.94. The van der Waals surface area contributed by atoms with E-state index < -0.39 is 5.97 Å². The molecule has 124 valence electrons. The fourth-order valence-electron chi connectivity index (χ4n) is 2.00. The first kappa shape index (κ1) is 17.3.